The van der Waals surface area contributed by atoms with E-state index in [-0.39, 0.29) is 5.97 Å². The topological polar surface area (TPSA) is 44.8 Å². The number of methoxy groups -OCH3 is 3. The summed E-state index contributed by atoms with van der Waals surface area (Å²) >= 11 is 0. The van der Waals surface area contributed by atoms with Crippen molar-refractivity contribution in [3.05, 3.63) is 12.2 Å². The highest BCUT2D eigenvalue weighted by molar-refractivity contribution is 5.81. The van der Waals surface area contributed by atoms with Crippen LogP contribution in [-0.4, -0.2) is 33.1 Å². The molecule has 0 unspecified atom stereocenters. The van der Waals surface area contributed by atoms with E-state index in [0.717, 1.165) is 0 Å². The van der Waals surface area contributed by atoms with Gasteiger partial charge in [0.1, 0.15) is 0 Å². The highest BCUT2D eigenvalue weighted by atomic mass is 16.7. The summed E-state index contributed by atoms with van der Waals surface area (Å²) in [5.41, 5.74) is 0. The molecule has 0 radical (unpaired) electrons. The summed E-state index contributed by atoms with van der Waals surface area (Å²) in [7, 11) is 4.50. The van der Waals surface area contributed by atoms with Gasteiger partial charge in [0.15, 0.2) is 5.79 Å². The van der Waals surface area contributed by atoms with Gasteiger partial charge >= 0.3 is 5.97 Å². The Kier molecular flexibility index (Phi) is 6.16. The van der Waals surface area contributed by atoms with Crippen LogP contribution < -0.4 is 0 Å². The van der Waals surface area contributed by atoms with Crippen molar-refractivity contribution in [1.29, 1.82) is 0 Å². The second-order valence-electron chi connectivity index (χ2n) is 2.80. The third-order valence-corrected chi connectivity index (χ3v) is 2.17. The minimum Gasteiger partial charge on any atom is -0.466 e. The average molecular weight is 202 g/mol. The number of carbonyl (C=O) groups is 1. The number of rotatable bonds is 6. The first-order chi connectivity index (χ1) is 6.64. The predicted octanol–water partition coefficient (Wildman–Crippen LogP) is 1.50. The molecule has 82 valence electrons. The Morgan fingerprint density at radius 1 is 1.29 bits per heavy atom. The van der Waals surface area contributed by atoms with E-state index in [1.54, 1.807) is 20.3 Å². The highest BCUT2D eigenvalue weighted by Crippen LogP contribution is 2.20. The molecule has 0 rings (SSSR count). The molecule has 0 aromatic rings. The molecule has 0 aromatic carbocycles. The molecular weight excluding hydrogens is 184 g/mol. The molecule has 14 heavy (non-hydrogen) atoms. The molecule has 0 aromatic heterocycles. The van der Waals surface area contributed by atoms with E-state index in [0.29, 0.717) is 12.8 Å². The molecule has 0 aliphatic heterocycles. The fourth-order valence-electron chi connectivity index (χ4n) is 1.09. The van der Waals surface area contributed by atoms with Gasteiger partial charge in [0.2, 0.25) is 0 Å². The molecule has 0 aliphatic carbocycles. The van der Waals surface area contributed by atoms with Crippen LogP contribution in [0.15, 0.2) is 12.2 Å². The summed E-state index contributed by atoms with van der Waals surface area (Å²) in [5.74, 6) is -1.01. The van der Waals surface area contributed by atoms with E-state index >= 15 is 0 Å². The Bertz CT molecular complexity index is 186. The van der Waals surface area contributed by atoms with Crippen molar-refractivity contribution in [2.24, 2.45) is 0 Å². The quantitative estimate of drug-likeness (QED) is 0.372. The maximum absolute atomic E-state index is 10.8. The zero-order valence-electron chi connectivity index (χ0n) is 9.20. The van der Waals surface area contributed by atoms with E-state index < -0.39 is 5.79 Å². The van der Waals surface area contributed by atoms with E-state index in [9.17, 15) is 4.79 Å². The molecule has 0 atom stereocenters. The molecule has 0 saturated carbocycles. The molecule has 0 saturated heterocycles. The van der Waals surface area contributed by atoms with E-state index in [4.69, 9.17) is 9.47 Å². The smallest absolute Gasteiger partial charge is 0.330 e. The Labute approximate surface area is 84.8 Å². The Morgan fingerprint density at radius 2 is 1.86 bits per heavy atom. The van der Waals surface area contributed by atoms with Crippen LogP contribution in [0.1, 0.15) is 19.8 Å². The average Bonchev–Trinajstić information content (AvgIpc) is 2.25. The molecule has 0 heterocycles. The van der Waals surface area contributed by atoms with Crippen molar-refractivity contribution in [2.45, 2.75) is 25.6 Å². The zero-order chi connectivity index (χ0) is 11.0. The van der Waals surface area contributed by atoms with Gasteiger partial charge in [-0.2, -0.15) is 0 Å². The van der Waals surface area contributed by atoms with Crippen molar-refractivity contribution in [3.8, 4) is 0 Å². The Hall–Kier alpha value is -0.870. The first-order valence-corrected chi connectivity index (χ1v) is 4.49. The molecule has 0 N–H and O–H groups in total. The predicted molar refractivity (Wildman–Crippen MR) is 52.8 cm³/mol. The van der Waals surface area contributed by atoms with Crippen LogP contribution in [0.2, 0.25) is 0 Å². The summed E-state index contributed by atoms with van der Waals surface area (Å²) in [4.78, 5) is 10.8. The van der Waals surface area contributed by atoms with Crippen LogP contribution in [0.5, 0.6) is 0 Å². The summed E-state index contributed by atoms with van der Waals surface area (Å²) < 4.78 is 14.9. The van der Waals surface area contributed by atoms with Crippen LogP contribution >= 0.6 is 0 Å². The maximum atomic E-state index is 10.8. The van der Waals surface area contributed by atoms with E-state index in [1.807, 2.05) is 6.92 Å². The molecule has 0 bridgehead atoms. The number of hydrogen-bond donors (Lipinski definition) is 0. The molecule has 0 fully saturated rings. The van der Waals surface area contributed by atoms with Gasteiger partial charge in [-0.3, -0.25) is 0 Å². The monoisotopic (exact) mass is 202 g/mol. The standard InChI is InChI=1S/C10H18O4/c1-5-10(13-3,14-4)8-6-7-9(11)12-2/h6-7H,5,8H2,1-4H3/b7-6+. The maximum Gasteiger partial charge on any atom is 0.330 e. The first-order valence-electron chi connectivity index (χ1n) is 4.49. The Morgan fingerprint density at radius 3 is 2.21 bits per heavy atom. The third-order valence-electron chi connectivity index (χ3n) is 2.17. The van der Waals surface area contributed by atoms with Gasteiger partial charge in [-0.25, -0.2) is 4.79 Å². The molecule has 0 amide bonds. The van der Waals surface area contributed by atoms with Crippen LogP contribution in [-0.2, 0) is 19.0 Å². The normalized spacial score (nSPS) is 12.0. The van der Waals surface area contributed by atoms with Crippen LogP contribution in [0, 0.1) is 0 Å². The minimum atomic E-state index is -0.634. The van der Waals surface area contributed by atoms with Crippen molar-refractivity contribution in [2.75, 3.05) is 21.3 Å². The van der Waals surface area contributed by atoms with Gasteiger partial charge in [-0.1, -0.05) is 13.0 Å². The SMILES string of the molecule is CCC(C/C=C/C(=O)OC)(OC)OC. The van der Waals surface area contributed by atoms with Gasteiger partial charge < -0.3 is 14.2 Å². The van der Waals surface area contributed by atoms with Crippen LogP contribution in [0.3, 0.4) is 0 Å². The first kappa shape index (κ1) is 13.1. The molecule has 4 heteroatoms. The largest absolute Gasteiger partial charge is 0.466 e. The number of esters is 1. The van der Waals surface area contributed by atoms with Crippen LogP contribution in [0.4, 0.5) is 0 Å². The molecule has 0 spiro atoms. The molecule has 0 aliphatic rings. The second kappa shape index (κ2) is 6.56. The minimum absolute atomic E-state index is 0.373. The number of ether oxygens (including phenoxy) is 3. The third kappa shape index (κ3) is 3.89. The zero-order valence-corrected chi connectivity index (χ0v) is 9.20. The van der Waals surface area contributed by atoms with Crippen molar-refractivity contribution in [3.63, 3.8) is 0 Å². The van der Waals surface area contributed by atoms with Gasteiger partial charge in [0, 0.05) is 26.7 Å². The van der Waals surface area contributed by atoms with Crippen molar-refractivity contribution < 1.29 is 19.0 Å². The van der Waals surface area contributed by atoms with Crippen molar-refractivity contribution in [1.82, 2.24) is 0 Å². The lowest BCUT2D eigenvalue weighted by Gasteiger charge is -2.28. The van der Waals surface area contributed by atoms with Gasteiger partial charge in [0.05, 0.1) is 7.11 Å². The lowest BCUT2D eigenvalue weighted by atomic mass is 10.1. The summed E-state index contributed by atoms with van der Waals surface area (Å²) in [6, 6.07) is 0. The molecule has 4 nitrogen and oxygen atoms in total. The summed E-state index contributed by atoms with van der Waals surface area (Å²) in [6.45, 7) is 1.96. The summed E-state index contributed by atoms with van der Waals surface area (Å²) in [5, 5.41) is 0. The fourth-order valence-corrected chi connectivity index (χ4v) is 1.09. The number of carbonyl (C=O) groups excluding carboxylic acids is 1. The molecular formula is C10H18O4. The number of hydrogen-bond acceptors (Lipinski definition) is 4. The van der Waals surface area contributed by atoms with Gasteiger partial charge in [0.25, 0.3) is 0 Å². The van der Waals surface area contributed by atoms with Gasteiger partial charge in [-0.15, -0.1) is 0 Å². The fraction of sp³-hybridized carbons (Fsp3) is 0.700. The Balaban J connectivity index is 4.18. The lowest BCUT2D eigenvalue weighted by Crippen LogP contribution is -2.32. The highest BCUT2D eigenvalue weighted by Gasteiger charge is 2.25. The van der Waals surface area contributed by atoms with E-state index in [2.05, 4.69) is 4.74 Å². The summed E-state index contributed by atoms with van der Waals surface area (Å²) in [6.07, 6.45) is 4.28. The van der Waals surface area contributed by atoms with Crippen LogP contribution in [0.25, 0.3) is 0 Å². The van der Waals surface area contributed by atoms with E-state index in [1.165, 1.54) is 13.2 Å². The van der Waals surface area contributed by atoms with Crippen molar-refractivity contribution >= 4 is 5.97 Å². The second-order valence-corrected chi connectivity index (χ2v) is 2.80. The van der Waals surface area contributed by atoms with Gasteiger partial charge in [-0.05, 0) is 6.42 Å². The lowest BCUT2D eigenvalue weighted by molar-refractivity contribution is -0.205.